The van der Waals surface area contributed by atoms with Gasteiger partial charge in [-0.15, -0.1) is 0 Å². The van der Waals surface area contributed by atoms with Crippen LogP contribution >= 0.6 is 0 Å². The quantitative estimate of drug-likeness (QED) is 0.731. The van der Waals surface area contributed by atoms with Crippen molar-refractivity contribution < 1.29 is 14.2 Å². The minimum Gasteiger partial charge on any atom is -0.497 e. The minimum atomic E-state index is -0.230. The first-order chi connectivity index (χ1) is 6.80. The summed E-state index contributed by atoms with van der Waals surface area (Å²) < 4.78 is 15.7. The van der Waals surface area contributed by atoms with Gasteiger partial charge in [-0.3, -0.25) is 0 Å². The Hall–Kier alpha value is -1.06. The Balaban J connectivity index is 2.23. The van der Waals surface area contributed by atoms with Gasteiger partial charge in [0.15, 0.2) is 0 Å². The lowest BCUT2D eigenvalue weighted by Gasteiger charge is -2.40. The molecule has 76 valence electrons. The molecule has 1 saturated heterocycles. The van der Waals surface area contributed by atoms with E-state index in [0.29, 0.717) is 13.2 Å². The number of ether oxygens (including phenoxy) is 3. The van der Waals surface area contributed by atoms with Crippen LogP contribution in [0.4, 0.5) is 0 Å². The summed E-state index contributed by atoms with van der Waals surface area (Å²) in [5, 5.41) is 0. The fourth-order valence-electron chi connectivity index (χ4n) is 1.58. The first-order valence-electron chi connectivity index (χ1n) is 4.58. The van der Waals surface area contributed by atoms with E-state index in [9.17, 15) is 0 Å². The van der Waals surface area contributed by atoms with Gasteiger partial charge in [0.2, 0.25) is 0 Å². The normalized spacial score (nSPS) is 18.7. The van der Waals surface area contributed by atoms with Gasteiger partial charge >= 0.3 is 0 Å². The second kappa shape index (κ2) is 3.59. The average molecular weight is 194 g/mol. The Morgan fingerprint density at radius 1 is 1.14 bits per heavy atom. The zero-order chi connectivity index (χ0) is 10.0. The molecule has 1 fully saturated rings. The molecule has 2 rings (SSSR count). The first kappa shape index (κ1) is 9.49. The smallest absolute Gasteiger partial charge is 0.139 e. The molecular formula is C11H14O3. The molecule has 14 heavy (non-hydrogen) atoms. The van der Waals surface area contributed by atoms with E-state index in [1.807, 2.05) is 24.3 Å². The number of hydrogen-bond donors (Lipinski definition) is 0. The zero-order valence-electron chi connectivity index (χ0n) is 8.45. The van der Waals surface area contributed by atoms with Crippen molar-refractivity contribution in [2.75, 3.05) is 27.4 Å². The second-order valence-electron chi connectivity index (χ2n) is 3.42. The topological polar surface area (TPSA) is 27.7 Å². The molecule has 1 aromatic rings. The van der Waals surface area contributed by atoms with Crippen LogP contribution in [0.1, 0.15) is 5.56 Å². The highest BCUT2D eigenvalue weighted by Gasteiger charge is 2.40. The maximum atomic E-state index is 5.47. The molecular weight excluding hydrogens is 180 g/mol. The van der Waals surface area contributed by atoms with Gasteiger partial charge in [-0.25, -0.2) is 0 Å². The predicted octanol–water partition coefficient (Wildman–Crippen LogP) is 1.57. The molecule has 0 unspecified atom stereocenters. The molecule has 0 saturated carbocycles. The molecule has 1 aliphatic rings. The van der Waals surface area contributed by atoms with Crippen LogP contribution in [0.15, 0.2) is 24.3 Å². The Labute approximate surface area is 83.6 Å². The Morgan fingerprint density at radius 2 is 1.79 bits per heavy atom. The van der Waals surface area contributed by atoms with Crippen molar-refractivity contribution in [1.29, 1.82) is 0 Å². The molecule has 0 aromatic heterocycles. The van der Waals surface area contributed by atoms with Crippen LogP contribution in [-0.4, -0.2) is 27.4 Å². The molecule has 1 aliphatic heterocycles. The summed E-state index contributed by atoms with van der Waals surface area (Å²) in [7, 11) is 3.38. The molecule has 0 spiro atoms. The Kier molecular flexibility index (Phi) is 2.44. The largest absolute Gasteiger partial charge is 0.497 e. The summed E-state index contributed by atoms with van der Waals surface area (Å²) in [6, 6.07) is 7.92. The third-order valence-electron chi connectivity index (χ3n) is 2.68. The van der Waals surface area contributed by atoms with Crippen molar-refractivity contribution in [2.45, 2.75) is 5.60 Å². The highest BCUT2D eigenvalue weighted by Crippen LogP contribution is 2.33. The maximum Gasteiger partial charge on any atom is 0.139 e. The highest BCUT2D eigenvalue weighted by molar-refractivity contribution is 5.32. The zero-order valence-corrected chi connectivity index (χ0v) is 8.45. The van der Waals surface area contributed by atoms with Gasteiger partial charge in [-0.2, -0.15) is 0 Å². The summed E-state index contributed by atoms with van der Waals surface area (Å²) in [4.78, 5) is 0. The van der Waals surface area contributed by atoms with Crippen LogP contribution in [-0.2, 0) is 15.1 Å². The lowest BCUT2D eigenvalue weighted by atomic mass is 9.92. The second-order valence-corrected chi connectivity index (χ2v) is 3.42. The number of hydrogen-bond acceptors (Lipinski definition) is 3. The fourth-order valence-corrected chi connectivity index (χ4v) is 1.58. The van der Waals surface area contributed by atoms with Crippen molar-refractivity contribution in [1.82, 2.24) is 0 Å². The van der Waals surface area contributed by atoms with Gasteiger partial charge in [-0.1, -0.05) is 12.1 Å². The van der Waals surface area contributed by atoms with Crippen LogP contribution in [0.5, 0.6) is 5.75 Å². The predicted molar refractivity (Wildman–Crippen MR) is 52.5 cm³/mol. The summed E-state index contributed by atoms with van der Waals surface area (Å²) >= 11 is 0. The molecule has 1 heterocycles. The third-order valence-corrected chi connectivity index (χ3v) is 2.68. The highest BCUT2D eigenvalue weighted by atomic mass is 16.6. The fraction of sp³-hybridized carbons (Fsp3) is 0.455. The first-order valence-corrected chi connectivity index (χ1v) is 4.58. The monoisotopic (exact) mass is 194 g/mol. The number of benzene rings is 1. The summed E-state index contributed by atoms with van der Waals surface area (Å²) in [6.45, 7) is 1.27. The van der Waals surface area contributed by atoms with Gasteiger partial charge in [0, 0.05) is 7.11 Å². The van der Waals surface area contributed by atoms with E-state index in [-0.39, 0.29) is 5.60 Å². The van der Waals surface area contributed by atoms with Crippen molar-refractivity contribution in [3.63, 3.8) is 0 Å². The Bertz CT molecular complexity index is 295. The van der Waals surface area contributed by atoms with Gasteiger partial charge < -0.3 is 14.2 Å². The van der Waals surface area contributed by atoms with E-state index in [4.69, 9.17) is 14.2 Å². The maximum absolute atomic E-state index is 5.47. The molecule has 0 aliphatic carbocycles. The number of rotatable bonds is 3. The van der Waals surface area contributed by atoms with Gasteiger partial charge in [0.05, 0.1) is 20.3 Å². The lowest BCUT2D eigenvalue weighted by Crippen LogP contribution is -2.48. The molecule has 0 N–H and O–H groups in total. The molecule has 0 bridgehead atoms. The molecule has 0 atom stereocenters. The van der Waals surface area contributed by atoms with Crippen LogP contribution < -0.4 is 4.74 Å². The summed E-state index contributed by atoms with van der Waals surface area (Å²) in [6.07, 6.45) is 0. The lowest BCUT2D eigenvalue weighted by molar-refractivity contribution is -0.202. The van der Waals surface area contributed by atoms with Crippen LogP contribution in [0, 0.1) is 0 Å². The van der Waals surface area contributed by atoms with Crippen molar-refractivity contribution >= 4 is 0 Å². The Morgan fingerprint density at radius 3 is 2.14 bits per heavy atom. The molecule has 3 heteroatoms. The van der Waals surface area contributed by atoms with Crippen LogP contribution in [0.2, 0.25) is 0 Å². The van der Waals surface area contributed by atoms with Gasteiger partial charge in [-0.05, 0) is 17.7 Å². The van der Waals surface area contributed by atoms with E-state index in [1.54, 1.807) is 14.2 Å². The van der Waals surface area contributed by atoms with E-state index < -0.39 is 0 Å². The van der Waals surface area contributed by atoms with Crippen molar-refractivity contribution in [3.8, 4) is 5.75 Å². The van der Waals surface area contributed by atoms with E-state index in [0.717, 1.165) is 11.3 Å². The minimum absolute atomic E-state index is 0.230. The molecule has 1 aromatic carbocycles. The average Bonchev–Trinajstić information content (AvgIpc) is 2.18. The van der Waals surface area contributed by atoms with Crippen molar-refractivity contribution in [3.05, 3.63) is 29.8 Å². The van der Waals surface area contributed by atoms with Crippen LogP contribution in [0.3, 0.4) is 0 Å². The molecule has 3 nitrogen and oxygen atoms in total. The summed E-state index contributed by atoms with van der Waals surface area (Å²) in [5.41, 5.74) is 0.916. The van der Waals surface area contributed by atoms with Gasteiger partial charge in [0.1, 0.15) is 11.4 Å². The van der Waals surface area contributed by atoms with E-state index in [2.05, 4.69) is 0 Å². The summed E-state index contributed by atoms with van der Waals surface area (Å²) in [5.74, 6) is 0.861. The van der Waals surface area contributed by atoms with E-state index >= 15 is 0 Å². The van der Waals surface area contributed by atoms with Crippen LogP contribution in [0.25, 0.3) is 0 Å². The molecule has 0 radical (unpaired) electrons. The molecule has 0 amide bonds. The van der Waals surface area contributed by atoms with Gasteiger partial charge in [0.25, 0.3) is 0 Å². The SMILES string of the molecule is COc1ccc(C2(OC)COC2)cc1. The van der Waals surface area contributed by atoms with E-state index in [1.165, 1.54) is 0 Å². The van der Waals surface area contributed by atoms with Crippen molar-refractivity contribution in [2.24, 2.45) is 0 Å². The third kappa shape index (κ3) is 1.38. The standard InChI is InChI=1S/C11H14O3/c1-12-10-5-3-9(4-6-10)11(13-2)7-14-8-11/h3-6H,7-8H2,1-2H3. The number of methoxy groups -OCH3 is 2.